The SMILES string of the molecule is [B](c1[c-]cccc1)c1ccc(Cc2ccc(Cc3[c-]cccc3)[n-]2)[n-]1.[Pt+2].[Y].[Y].[Y]. The zero-order valence-electron chi connectivity index (χ0n) is 15.9. The minimum Gasteiger partial charge on any atom is -0.672 e. The van der Waals surface area contributed by atoms with E-state index >= 15 is 0 Å². The van der Waals surface area contributed by atoms with Crippen LogP contribution in [0.2, 0.25) is 0 Å². The molecule has 4 radical (unpaired) electrons. The number of benzene rings is 2. The van der Waals surface area contributed by atoms with Gasteiger partial charge in [0.2, 0.25) is 0 Å². The zero-order valence-corrected chi connectivity index (χ0v) is 26.6. The molecule has 2 aromatic carbocycles. The Morgan fingerprint density at radius 3 is 1.93 bits per heavy atom. The molecular formula is C22H16BN2PtY3-2. The van der Waals surface area contributed by atoms with Gasteiger partial charge in [0.15, 0.2) is 0 Å². The fourth-order valence-electron chi connectivity index (χ4n) is 2.83. The molecule has 0 amide bonds. The summed E-state index contributed by atoms with van der Waals surface area (Å²) < 4.78 is 0. The van der Waals surface area contributed by atoms with E-state index in [0.29, 0.717) is 0 Å². The first kappa shape index (κ1) is 30.1. The molecular weight excluding hydrogens is 765 g/mol. The Labute approximate surface area is 263 Å². The van der Waals surface area contributed by atoms with Crippen molar-refractivity contribution in [3.05, 3.63) is 108 Å². The average molecular weight is 781 g/mol. The van der Waals surface area contributed by atoms with Crippen molar-refractivity contribution in [1.29, 1.82) is 0 Å². The molecule has 0 aliphatic carbocycles. The first-order valence-corrected chi connectivity index (χ1v) is 8.36. The predicted molar refractivity (Wildman–Crippen MR) is 101 cm³/mol. The average Bonchev–Trinajstić information content (AvgIpc) is 3.27. The number of hydrogen-bond acceptors (Lipinski definition) is 0. The van der Waals surface area contributed by atoms with E-state index < -0.39 is 0 Å². The van der Waals surface area contributed by atoms with Crippen molar-refractivity contribution in [3.63, 3.8) is 0 Å². The van der Waals surface area contributed by atoms with Crippen molar-refractivity contribution in [1.82, 2.24) is 9.97 Å². The molecule has 0 unspecified atom stereocenters. The van der Waals surface area contributed by atoms with Gasteiger partial charge in [-0.1, -0.05) is 24.3 Å². The first-order chi connectivity index (χ1) is 12.3. The number of aromatic nitrogens is 2. The van der Waals surface area contributed by atoms with Gasteiger partial charge in [-0.25, -0.2) is 0 Å². The third-order valence-corrected chi connectivity index (χ3v) is 4.02. The standard InChI is InChI=1S/C22H16BN2.Pt.3Y/c1-3-7-17(8-4-1)15-19-11-12-20(24-19)16-21-13-14-22(25-21)23-18-9-5-2-6-10-18;;;;/h1-7,9,11-14H,15-16H2;;;;/q-4;+2;;;. The van der Waals surface area contributed by atoms with Crippen LogP contribution in [-0.2, 0) is 132 Å². The van der Waals surface area contributed by atoms with E-state index in [9.17, 15) is 0 Å². The topological polar surface area (TPSA) is 28.2 Å². The van der Waals surface area contributed by atoms with Crippen LogP contribution in [0.3, 0.4) is 0 Å². The summed E-state index contributed by atoms with van der Waals surface area (Å²) in [6.45, 7) is 0. The molecule has 0 spiro atoms. The van der Waals surface area contributed by atoms with Crippen LogP contribution in [-0.4, -0.2) is 7.28 Å². The molecule has 138 valence electrons. The van der Waals surface area contributed by atoms with Gasteiger partial charge in [0, 0.05) is 98.1 Å². The van der Waals surface area contributed by atoms with Crippen LogP contribution in [0.5, 0.6) is 0 Å². The summed E-state index contributed by atoms with van der Waals surface area (Å²) in [6, 6.07) is 30.7. The van der Waals surface area contributed by atoms with E-state index in [4.69, 9.17) is 4.98 Å². The largest absolute Gasteiger partial charge is 2.00 e. The maximum absolute atomic E-state index is 4.72. The van der Waals surface area contributed by atoms with Gasteiger partial charge in [-0.05, 0) is 12.8 Å². The molecule has 2 aromatic heterocycles. The van der Waals surface area contributed by atoms with Crippen LogP contribution in [0.1, 0.15) is 22.6 Å². The Bertz CT molecular complexity index is 865. The van der Waals surface area contributed by atoms with Gasteiger partial charge >= 0.3 is 21.1 Å². The Balaban J connectivity index is 0.00000196. The molecule has 4 aromatic rings. The van der Waals surface area contributed by atoms with Gasteiger partial charge in [0.05, 0.1) is 0 Å². The summed E-state index contributed by atoms with van der Waals surface area (Å²) in [5.74, 6) is 0. The second-order valence-corrected chi connectivity index (χ2v) is 5.99. The minimum absolute atomic E-state index is 0. The summed E-state index contributed by atoms with van der Waals surface area (Å²) >= 11 is 0. The van der Waals surface area contributed by atoms with Crippen LogP contribution in [0.25, 0.3) is 0 Å². The molecule has 0 saturated heterocycles. The Morgan fingerprint density at radius 1 is 0.655 bits per heavy atom. The second-order valence-electron chi connectivity index (χ2n) is 5.99. The molecule has 0 atom stereocenters. The van der Waals surface area contributed by atoms with Crippen LogP contribution in [0, 0.1) is 12.1 Å². The Morgan fingerprint density at radius 2 is 1.28 bits per heavy atom. The smallest absolute Gasteiger partial charge is 0.672 e. The van der Waals surface area contributed by atoms with Crippen LogP contribution < -0.4 is 21.0 Å². The fraction of sp³-hybridized carbons (Fsp3) is 0.0909. The van der Waals surface area contributed by atoms with Gasteiger partial charge in [0.1, 0.15) is 7.28 Å². The second kappa shape index (κ2) is 15.8. The van der Waals surface area contributed by atoms with Gasteiger partial charge in [0.25, 0.3) is 0 Å². The summed E-state index contributed by atoms with van der Waals surface area (Å²) in [5.41, 5.74) is 6.34. The quantitative estimate of drug-likeness (QED) is 0.222. The molecule has 0 bridgehead atoms. The van der Waals surface area contributed by atoms with Crippen LogP contribution in [0.4, 0.5) is 0 Å². The van der Waals surface area contributed by atoms with E-state index in [1.807, 2.05) is 55.8 Å². The van der Waals surface area contributed by atoms with Crippen molar-refractivity contribution in [2.75, 3.05) is 0 Å². The first-order valence-electron chi connectivity index (χ1n) is 8.36. The Hall–Kier alpha value is 1.06. The zero-order chi connectivity index (χ0) is 16.9. The normalized spacial score (nSPS) is 9.24. The Kier molecular flexibility index (Phi) is 16.4. The summed E-state index contributed by atoms with van der Waals surface area (Å²) in [6.07, 6.45) is 1.57. The molecule has 0 N–H and O–H groups in total. The molecule has 0 aliphatic rings. The van der Waals surface area contributed by atoms with Crippen molar-refractivity contribution in [3.8, 4) is 0 Å². The molecule has 0 saturated carbocycles. The predicted octanol–water partition coefficient (Wildman–Crippen LogP) is 2.03. The third-order valence-electron chi connectivity index (χ3n) is 4.02. The van der Waals surface area contributed by atoms with E-state index in [-0.39, 0.29) is 119 Å². The van der Waals surface area contributed by atoms with Crippen LogP contribution >= 0.6 is 0 Å². The monoisotopic (exact) mass is 781 g/mol. The minimum atomic E-state index is 0. The van der Waals surface area contributed by atoms with Gasteiger partial charge in [-0.2, -0.15) is 94.4 Å². The molecule has 0 aliphatic heterocycles. The van der Waals surface area contributed by atoms with Crippen LogP contribution in [0.15, 0.2) is 72.8 Å². The molecule has 4 rings (SSSR count). The molecule has 0 fully saturated rings. The number of hydrogen-bond donors (Lipinski definition) is 0. The summed E-state index contributed by atoms with van der Waals surface area (Å²) in [4.78, 5) is 9.39. The van der Waals surface area contributed by atoms with Crippen molar-refractivity contribution in [2.45, 2.75) is 12.8 Å². The van der Waals surface area contributed by atoms with Gasteiger partial charge in [-0.3, -0.25) is 0 Å². The third kappa shape index (κ3) is 9.61. The van der Waals surface area contributed by atoms with E-state index in [0.717, 1.165) is 46.5 Å². The van der Waals surface area contributed by atoms with Crippen molar-refractivity contribution in [2.24, 2.45) is 0 Å². The molecule has 7 heteroatoms. The van der Waals surface area contributed by atoms with E-state index in [2.05, 4.69) is 41.4 Å². The number of nitrogens with zero attached hydrogens (tertiary/aromatic N) is 2. The molecule has 29 heavy (non-hydrogen) atoms. The van der Waals surface area contributed by atoms with E-state index in [1.165, 1.54) is 0 Å². The van der Waals surface area contributed by atoms with E-state index in [1.54, 1.807) is 0 Å². The maximum atomic E-state index is 4.72. The molecule has 2 nitrogen and oxygen atoms in total. The molecule has 2 heterocycles. The van der Waals surface area contributed by atoms with Gasteiger partial charge < -0.3 is 9.97 Å². The fourth-order valence-corrected chi connectivity index (χ4v) is 2.83. The van der Waals surface area contributed by atoms with Crippen molar-refractivity contribution < 1.29 is 119 Å². The summed E-state index contributed by atoms with van der Waals surface area (Å²) in [7, 11) is 2.04. The van der Waals surface area contributed by atoms with Gasteiger partial charge in [-0.15, -0.1) is 0 Å². The van der Waals surface area contributed by atoms with Crippen molar-refractivity contribution >= 4 is 18.3 Å². The number of rotatable bonds is 6. The summed E-state index contributed by atoms with van der Waals surface area (Å²) in [5, 5.41) is 0. The maximum Gasteiger partial charge on any atom is 2.00 e.